The third-order valence-electron chi connectivity index (χ3n) is 4.98. The van der Waals surface area contributed by atoms with Gasteiger partial charge in [-0.2, -0.15) is 5.84 Å². The van der Waals surface area contributed by atoms with E-state index < -0.39 is 42.1 Å². The number of nitrogens with two attached hydrogens (primary N) is 1. The van der Waals surface area contributed by atoms with E-state index in [4.69, 9.17) is 5.84 Å². The predicted octanol–water partition coefficient (Wildman–Crippen LogP) is 5.76. The van der Waals surface area contributed by atoms with Gasteiger partial charge in [-0.25, -0.2) is 0 Å². The Morgan fingerprint density at radius 1 is 0.710 bits per heavy atom. The van der Waals surface area contributed by atoms with Crippen molar-refractivity contribution in [3.8, 4) is 11.1 Å². The van der Waals surface area contributed by atoms with E-state index >= 15 is 0 Å². The number of hydrogen-bond donors (Lipinski definition) is 1. The molecule has 2 N–H and O–H groups in total. The first-order valence-electron chi connectivity index (χ1n) is 8.45. The van der Waals surface area contributed by atoms with Crippen LogP contribution in [-0.4, -0.2) is 14.8 Å². The van der Waals surface area contributed by atoms with Gasteiger partial charge in [0.15, 0.2) is 11.4 Å². The molecule has 1 heterocycles. The normalized spacial score (nSPS) is 13.4. The number of nitro benzene ring substituents is 3. The molecule has 0 saturated heterocycles. The average molecular weight is 552 g/mol. The van der Waals surface area contributed by atoms with Crippen molar-refractivity contribution in [2.75, 3.05) is 0 Å². The number of non-ortho nitro benzene ring substituents is 1. The Hall–Kier alpha value is -3.26. The molecule has 0 saturated carbocycles. The summed E-state index contributed by atoms with van der Waals surface area (Å²) in [6.45, 7) is 0. The zero-order valence-corrected chi connectivity index (χ0v) is 18.4. The summed E-state index contributed by atoms with van der Waals surface area (Å²) in [5, 5.41) is 35.0. The SMILES string of the molecule is N[N+]1(c2c([N+](=O)[O-])cc([N+](=O)[O-])cc2[N+](=O)[O-])c2ccc(Br)cc2-c2cc(Br)ccc21. The van der Waals surface area contributed by atoms with Crippen molar-refractivity contribution in [1.82, 2.24) is 4.59 Å². The van der Waals surface area contributed by atoms with Gasteiger partial charge in [0, 0.05) is 21.1 Å². The van der Waals surface area contributed by atoms with Crippen molar-refractivity contribution in [2.45, 2.75) is 0 Å². The Morgan fingerprint density at radius 3 is 1.48 bits per heavy atom. The summed E-state index contributed by atoms with van der Waals surface area (Å²) < 4.78 is 0.521. The van der Waals surface area contributed by atoms with Gasteiger partial charge in [-0.15, -0.1) is 4.59 Å². The second-order valence-corrected chi connectivity index (χ2v) is 8.48. The van der Waals surface area contributed by atoms with Crippen molar-refractivity contribution in [3.05, 3.63) is 87.8 Å². The van der Waals surface area contributed by atoms with Gasteiger partial charge in [-0.05, 0) is 24.3 Å². The maximum Gasteiger partial charge on any atom is 0.346 e. The van der Waals surface area contributed by atoms with Crippen molar-refractivity contribution in [1.29, 1.82) is 0 Å². The molecule has 11 nitrogen and oxygen atoms in total. The lowest BCUT2D eigenvalue weighted by Crippen LogP contribution is -2.45. The first-order valence-corrected chi connectivity index (χ1v) is 10.0. The highest BCUT2D eigenvalue weighted by Gasteiger charge is 2.53. The van der Waals surface area contributed by atoms with Gasteiger partial charge < -0.3 is 0 Å². The molecule has 3 aromatic carbocycles. The molecule has 0 unspecified atom stereocenters. The van der Waals surface area contributed by atoms with Crippen LogP contribution in [0.4, 0.5) is 34.1 Å². The van der Waals surface area contributed by atoms with Crippen LogP contribution in [0.25, 0.3) is 11.1 Å². The lowest BCUT2D eigenvalue weighted by molar-refractivity contribution is -0.402. The molecule has 4 rings (SSSR count). The lowest BCUT2D eigenvalue weighted by atomic mass is 10.1. The van der Waals surface area contributed by atoms with E-state index in [9.17, 15) is 30.3 Å². The van der Waals surface area contributed by atoms with Crippen LogP contribution in [0.3, 0.4) is 0 Å². The molecule has 0 amide bonds. The molecule has 1 aliphatic heterocycles. The first kappa shape index (κ1) is 21.0. The minimum absolute atomic E-state index is 0.344. The van der Waals surface area contributed by atoms with Crippen LogP contribution in [0, 0.1) is 30.3 Å². The van der Waals surface area contributed by atoms with E-state index in [0.717, 1.165) is 0 Å². The van der Waals surface area contributed by atoms with E-state index in [1.807, 2.05) is 0 Å². The fourth-order valence-electron chi connectivity index (χ4n) is 3.77. The Labute approximate surface area is 190 Å². The average Bonchev–Trinajstić information content (AvgIpc) is 2.95. The smallest absolute Gasteiger partial charge is 0.258 e. The van der Waals surface area contributed by atoms with Gasteiger partial charge >= 0.3 is 17.1 Å². The Balaban J connectivity index is 2.20. The summed E-state index contributed by atoms with van der Waals surface area (Å²) in [7, 11) is 0. The third kappa shape index (κ3) is 3.09. The number of nitrogens with zero attached hydrogens (tertiary/aromatic N) is 4. The molecule has 0 bridgehead atoms. The quantitative estimate of drug-likeness (QED) is 0.187. The summed E-state index contributed by atoms with van der Waals surface area (Å²) in [5.74, 6) is 6.74. The topological polar surface area (TPSA) is 155 Å². The minimum atomic E-state index is -0.926. The summed E-state index contributed by atoms with van der Waals surface area (Å²) in [4.78, 5) is 32.3. The largest absolute Gasteiger partial charge is 0.346 e. The van der Waals surface area contributed by atoms with E-state index in [2.05, 4.69) is 31.9 Å². The van der Waals surface area contributed by atoms with Gasteiger partial charge in [0.05, 0.1) is 25.9 Å². The summed E-state index contributed by atoms with van der Waals surface area (Å²) in [6.07, 6.45) is 0. The van der Waals surface area contributed by atoms with Crippen molar-refractivity contribution in [2.24, 2.45) is 5.84 Å². The zero-order chi connectivity index (χ0) is 22.7. The van der Waals surface area contributed by atoms with E-state index in [1.165, 1.54) is 0 Å². The molecule has 0 atom stereocenters. The number of benzene rings is 3. The van der Waals surface area contributed by atoms with Gasteiger partial charge in [-0.1, -0.05) is 31.9 Å². The fourth-order valence-corrected chi connectivity index (χ4v) is 4.49. The predicted molar refractivity (Wildman–Crippen MR) is 119 cm³/mol. The molecule has 0 aliphatic carbocycles. The molecule has 3 aromatic rings. The molecule has 0 aromatic heterocycles. The number of quaternary nitrogens is 1. The van der Waals surface area contributed by atoms with E-state index in [-0.39, 0.29) is 0 Å². The van der Waals surface area contributed by atoms with E-state index in [1.54, 1.807) is 36.4 Å². The monoisotopic (exact) mass is 550 g/mol. The Morgan fingerprint density at radius 2 is 1.13 bits per heavy atom. The van der Waals surface area contributed by atoms with Crippen LogP contribution >= 0.6 is 31.9 Å². The van der Waals surface area contributed by atoms with Crippen LogP contribution in [-0.2, 0) is 0 Å². The molecule has 1 aliphatic rings. The molecule has 0 spiro atoms. The van der Waals surface area contributed by atoms with Gasteiger partial charge in [0.25, 0.3) is 5.69 Å². The molecular weight excluding hydrogens is 542 g/mol. The lowest BCUT2D eigenvalue weighted by Gasteiger charge is -2.27. The number of hydrogen-bond acceptors (Lipinski definition) is 7. The second kappa shape index (κ2) is 7.16. The fraction of sp³-hybridized carbons (Fsp3) is 0. The van der Waals surface area contributed by atoms with Crippen LogP contribution in [0.15, 0.2) is 57.5 Å². The van der Waals surface area contributed by atoms with Crippen molar-refractivity contribution >= 4 is 66.0 Å². The molecule has 0 fully saturated rings. The van der Waals surface area contributed by atoms with Crippen LogP contribution in [0.5, 0.6) is 0 Å². The minimum Gasteiger partial charge on any atom is -0.258 e. The maximum atomic E-state index is 11.9. The second-order valence-electron chi connectivity index (χ2n) is 6.65. The number of nitro groups is 3. The van der Waals surface area contributed by atoms with E-state index in [0.29, 0.717) is 43.6 Å². The molecule has 13 heteroatoms. The summed E-state index contributed by atoms with van der Waals surface area (Å²) in [6, 6.07) is 11.4. The molecule has 31 heavy (non-hydrogen) atoms. The first-order chi connectivity index (χ1) is 14.6. The number of fused-ring (bicyclic) bond motifs is 3. The summed E-state index contributed by atoms with van der Waals surface area (Å²) in [5.41, 5.74) is -1.01. The number of rotatable bonds is 4. The van der Waals surface area contributed by atoms with Crippen molar-refractivity contribution < 1.29 is 14.8 Å². The third-order valence-corrected chi connectivity index (χ3v) is 5.97. The van der Waals surface area contributed by atoms with Gasteiger partial charge in [0.1, 0.15) is 12.1 Å². The van der Waals surface area contributed by atoms with Crippen LogP contribution < -0.4 is 10.4 Å². The van der Waals surface area contributed by atoms with Crippen LogP contribution in [0.1, 0.15) is 0 Å². The van der Waals surface area contributed by atoms with Gasteiger partial charge in [0.2, 0.25) is 0 Å². The Kier molecular flexibility index (Phi) is 4.85. The maximum absolute atomic E-state index is 11.9. The van der Waals surface area contributed by atoms with Gasteiger partial charge in [-0.3, -0.25) is 30.3 Å². The highest BCUT2D eigenvalue weighted by molar-refractivity contribution is 9.10. The highest BCUT2D eigenvalue weighted by Crippen LogP contribution is 2.60. The standard InChI is InChI=1S/C18H10Br2N5O6/c19-9-1-3-16-12(5-9)13-6-10(20)2-4-17(13)25(16,21)18-14(23(28)29)7-11(22(26)27)8-15(18)24(30)31/h1-8H,21H2/q+1. The van der Waals surface area contributed by atoms with Crippen LogP contribution in [0.2, 0.25) is 0 Å². The van der Waals surface area contributed by atoms with Crippen molar-refractivity contribution in [3.63, 3.8) is 0 Å². The molecular formula is C18H10Br2N5O6+. The highest BCUT2D eigenvalue weighted by atomic mass is 79.9. The number of halogens is 2. The zero-order valence-electron chi connectivity index (χ0n) is 15.2. The summed E-state index contributed by atoms with van der Waals surface area (Å²) >= 11 is 6.76. The molecule has 156 valence electrons. The Bertz CT molecular complexity index is 1240. The molecule has 0 radical (unpaired) electrons.